The molecule has 128 valence electrons. The molecule has 1 aromatic heterocycles. The van der Waals surface area contributed by atoms with Crippen LogP contribution in [0.5, 0.6) is 0 Å². The van der Waals surface area contributed by atoms with Crippen LogP contribution in [0.25, 0.3) is 0 Å². The van der Waals surface area contributed by atoms with Crippen LogP contribution >= 0.6 is 11.3 Å². The average molecular weight is 367 g/mol. The van der Waals surface area contributed by atoms with Crippen LogP contribution in [-0.4, -0.2) is 38.1 Å². The zero-order chi connectivity index (χ0) is 17.2. The Kier molecular flexibility index (Phi) is 5.01. The lowest BCUT2D eigenvalue weighted by Crippen LogP contribution is -2.34. The number of hydrogen-bond acceptors (Lipinski definition) is 4. The van der Waals surface area contributed by atoms with E-state index < -0.39 is 20.9 Å². The molecule has 1 aliphatic heterocycles. The third kappa shape index (κ3) is 3.67. The largest absolute Gasteiger partial charge is 0.341 e. The normalized spacial score (nSPS) is 20.5. The van der Waals surface area contributed by atoms with Crippen molar-refractivity contribution in [3.63, 3.8) is 0 Å². The molecule has 0 radical (unpaired) electrons. The molecule has 1 amide bonds. The van der Waals surface area contributed by atoms with Crippen molar-refractivity contribution >= 4 is 27.1 Å². The third-order valence-corrected chi connectivity index (χ3v) is 7.24. The Morgan fingerprint density at radius 2 is 2.00 bits per heavy atom. The van der Waals surface area contributed by atoms with Crippen LogP contribution < -0.4 is 0 Å². The predicted molar refractivity (Wildman–Crippen MR) is 92.1 cm³/mol. The van der Waals surface area contributed by atoms with Gasteiger partial charge in [-0.05, 0) is 23.9 Å². The Balaban J connectivity index is 1.77. The molecular formula is C17H18FNO3S2. The van der Waals surface area contributed by atoms with Crippen molar-refractivity contribution in [1.82, 2.24) is 4.90 Å². The summed E-state index contributed by atoms with van der Waals surface area (Å²) in [6, 6.07) is 9.74. The molecule has 0 aliphatic carbocycles. The van der Waals surface area contributed by atoms with E-state index >= 15 is 0 Å². The second-order valence-corrected chi connectivity index (χ2v) is 9.14. The maximum Gasteiger partial charge on any atom is 0.227 e. The second-order valence-electron chi connectivity index (χ2n) is 5.80. The number of amides is 1. The Morgan fingerprint density at radius 3 is 2.71 bits per heavy atom. The van der Waals surface area contributed by atoms with E-state index in [0.29, 0.717) is 6.54 Å². The summed E-state index contributed by atoms with van der Waals surface area (Å²) in [5.74, 6) is -0.728. The number of nitrogens with zero attached hydrogens (tertiary/aromatic N) is 1. The second kappa shape index (κ2) is 7.03. The van der Waals surface area contributed by atoms with Crippen LogP contribution in [0, 0.1) is 5.82 Å². The minimum Gasteiger partial charge on any atom is -0.341 e. The monoisotopic (exact) mass is 367 g/mol. The van der Waals surface area contributed by atoms with Crippen molar-refractivity contribution in [3.05, 3.63) is 58.0 Å². The number of sulfone groups is 1. The van der Waals surface area contributed by atoms with Gasteiger partial charge in [-0.15, -0.1) is 11.3 Å². The molecule has 1 unspecified atom stereocenters. The first-order valence-corrected chi connectivity index (χ1v) is 10.3. The number of benzene rings is 1. The molecule has 1 atom stereocenters. The van der Waals surface area contributed by atoms with E-state index in [9.17, 15) is 17.6 Å². The lowest BCUT2D eigenvalue weighted by Gasteiger charge is -2.19. The van der Waals surface area contributed by atoms with Gasteiger partial charge in [-0.3, -0.25) is 4.79 Å². The zero-order valence-corrected chi connectivity index (χ0v) is 14.7. The highest BCUT2D eigenvalue weighted by Crippen LogP contribution is 2.31. The van der Waals surface area contributed by atoms with E-state index in [1.54, 1.807) is 17.0 Å². The fourth-order valence-electron chi connectivity index (χ4n) is 2.95. The molecule has 0 N–H and O–H groups in total. The molecule has 3 rings (SSSR count). The maximum atomic E-state index is 14.0. The lowest BCUT2D eigenvalue weighted by atomic mass is 10.1. The van der Waals surface area contributed by atoms with Crippen LogP contribution in [-0.2, 0) is 21.1 Å². The summed E-state index contributed by atoms with van der Waals surface area (Å²) in [6.07, 6.45) is 0.502. The minimum absolute atomic E-state index is 0.0816. The van der Waals surface area contributed by atoms with Gasteiger partial charge in [-0.1, -0.05) is 24.3 Å². The Bertz CT molecular complexity index is 818. The van der Waals surface area contributed by atoms with Crippen molar-refractivity contribution in [2.45, 2.75) is 18.1 Å². The van der Waals surface area contributed by atoms with Gasteiger partial charge in [-0.2, -0.15) is 0 Å². The summed E-state index contributed by atoms with van der Waals surface area (Å²) in [7, 11) is -3.50. The van der Waals surface area contributed by atoms with E-state index in [-0.39, 0.29) is 36.6 Å². The number of carbonyl (C=O) groups excluding carboxylic acids is 1. The van der Waals surface area contributed by atoms with Gasteiger partial charge in [0.1, 0.15) is 5.82 Å². The van der Waals surface area contributed by atoms with E-state index in [0.717, 1.165) is 4.88 Å². The van der Waals surface area contributed by atoms with Crippen LogP contribution in [0.1, 0.15) is 22.1 Å². The molecule has 4 nitrogen and oxygen atoms in total. The highest BCUT2D eigenvalue weighted by atomic mass is 32.2. The first-order chi connectivity index (χ1) is 11.5. The first kappa shape index (κ1) is 17.1. The number of hydrogen-bond donors (Lipinski definition) is 0. The predicted octanol–water partition coefficient (Wildman–Crippen LogP) is 2.82. The molecule has 1 saturated heterocycles. The summed E-state index contributed by atoms with van der Waals surface area (Å²) in [5.41, 5.74) is 0.199. The highest BCUT2D eigenvalue weighted by molar-refractivity contribution is 7.91. The van der Waals surface area contributed by atoms with E-state index in [1.165, 1.54) is 23.5 Å². The molecule has 24 heavy (non-hydrogen) atoms. The van der Waals surface area contributed by atoms with Crippen molar-refractivity contribution in [3.8, 4) is 0 Å². The van der Waals surface area contributed by atoms with Gasteiger partial charge < -0.3 is 4.90 Å². The Labute approximate surface area is 144 Å². The van der Waals surface area contributed by atoms with Gasteiger partial charge in [-0.25, -0.2) is 12.8 Å². The van der Waals surface area contributed by atoms with Crippen LogP contribution in [0.15, 0.2) is 41.8 Å². The standard InChI is InChI=1S/C17H18FNO3S2/c18-15-6-2-1-5-14(15)16-7-8-19(9-11-24(16,21)22)17(20)12-13-4-3-10-23-13/h1-6,10,16H,7-9,11-12H2. The number of halogens is 1. The summed E-state index contributed by atoms with van der Waals surface area (Å²) in [5, 5.41) is 1.02. The van der Waals surface area contributed by atoms with E-state index in [2.05, 4.69) is 0 Å². The molecule has 0 bridgehead atoms. The van der Waals surface area contributed by atoms with Gasteiger partial charge in [0.2, 0.25) is 5.91 Å². The quantitative estimate of drug-likeness (QED) is 0.838. The third-order valence-electron chi connectivity index (χ3n) is 4.25. The number of rotatable bonds is 3. The summed E-state index contributed by atoms with van der Waals surface area (Å²) >= 11 is 1.50. The summed E-state index contributed by atoms with van der Waals surface area (Å²) in [4.78, 5) is 14.9. The molecule has 2 aromatic rings. The van der Waals surface area contributed by atoms with Gasteiger partial charge in [0.05, 0.1) is 17.4 Å². The van der Waals surface area contributed by atoms with Gasteiger partial charge in [0, 0.05) is 23.5 Å². The molecule has 1 fully saturated rings. The van der Waals surface area contributed by atoms with Crippen LogP contribution in [0.3, 0.4) is 0 Å². The molecule has 1 aromatic carbocycles. The van der Waals surface area contributed by atoms with E-state index in [4.69, 9.17) is 0 Å². The van der Waals surface area contributed by atoms with Gasteiger partial charge in [0.15, 0.2) is 9.84 Å². The molecular weight excluding hydrogens is 349 g/mol. The smallest absolute Gasteiger partial charge is 0.227 e. The van der Waals surface area contributed by atoms with Crippen molar-refractivity contribution in [2.24, 2.45) is 0 Å². The maximum absolute atomic E-state index is 14.0. The van der Waals surface area contributed by atoms with Crippen molar-refractivity contribution < 1.29 is 17.6 Å². The van der Waals surface area contributed by atoms with Crippen molar-refractivity contribution in [1.29, 1.82) is 0 Å². The topological polar surface area (TPSA) is 54.5 Å². The molecule has 1 aliphatic rings. The zero-order valence-electron chi connectivity index (χ0n) is 13.0. The molecule has 0 spiro atoms. The summed E-state index contributed by atoms with van der Waals surface area (Å²) in [6.45, 7) is 0.486. The number of thiophene rings is 1. The summed E-state index contributed by atoms with van der Waals surface area (Å²) < 4.78 is 39.1. The van der Waals surface area contributed by atoms with E-state index in [1.807, 2.05) is 17.5 Å². The Hall–Kier alpha value is -1.73. The van der Waals surface area contributed by atoms with Crippen LogP contribution in [0.4, 0.5) is 4.39 Å². The number of carbonyl (C=O) groups is 1. The van der Waals surface area contributed by atoms with Crippen LogP contribution in [0.2, 0.25) is 0 Å². The molecule has 7 heteroatoms. The van der Waals surface area contributed by atoms with Gasteiger partial charge >= 0.3 is 0 Å². The molecule has 2 heterocycles. The minimum atomic E-state index is -3.50. The average Bonchev–Trinajstić information content (AvgIpc) is 2.98. The Morgan fingerprint density at radius 1 is 1.21 bits per heavy atom. The fraction of sp³-hybridized carbons (Fsp3) is 0.353. The first-order valence-electron chi connectivity index (χ1n) is 7.73. The lowest BCUT2D eigenvalue weighted by molar-refractivity contribution is -0.130. The highest BCUT2D eigenvalue weighted by Gasteiger charge is 2.34. The molecule has 0 saturated carbocycles. The fourth-order valence-corrected chi connectivity index (χ4v) is 5.45. The van der Waals surface area contributed by atoms with Gasteiger partial charge in [0.25, 0.3) is 0 Å². The van der Waals surface area contributed by atoms with Crippen molar-refractivity contribution in [2.75, 3.05) is 18.8 Å². The SMILES string of the molecule is O=C(Cc1cccs1)N1CCC(c2ccccc2F)S(=O)(=O)CC1.